The minimum absolute atomic E-state index is 0.0560. The largest absolute Gasteiger partial charge is 0.469 e. The van der Waals surface area contributed by atoms with Gasteiger partial charge in [-0.25, -0.2) is 0 Å². The third-order valence-corrected chi connectivity index (χ3v) is 8.10. The van der Waals surface area contributed by atoms with E-state index in [4.69, 9.17) is 4.74 Å². The van der Waals surface area contributed by atoms with Gasteiger partial charge in [0.2, 0.25) is 0 Å². The maximum absolute atomic E-state index is 12.5. The highest BCUT2D eigenvalue weighted by atomic mass is 16.5. The average molecular weight is 450 g/mol. The van der Waals surface area contributed by atoms with Crippen LogP contribution in [0.15, 0.2) is 0 Å². The van der Waals surface area contributed by atoms with Gasteiger partial charge < -0.3 is 10.1 Å². The van der Waals surface area contributed by atoms with E-state index < -0.39 is 0 Å². The number of rotatable bonds is 18. The number of unbranched alkanes of at least 4 members (excludes halogenated alkanes) is 14. The molecular formula is C28H51NO3. The molecule has 2 rings (SSSR count). The summed E-state index contributed by atoms with van der Waals surface area (Å²) in [5.41, 5.74) is 0.141. The number of ether oxygens (including phenoxy) is 1. The van der Waals surface area contributed by atoms with Gasteiger partial charge in [-0.1, -0.05) is 103 Å². The summed E-state index contributed by atoms with van der Waals surface area (Å²) in [7, 11) is 1.43. The lowest BCUT2D eigenvalue weighted by molar-refractivity contribution is -0.144. The van der Waals surface area contributed by atoms with Crippen molar-refractivity contribution in [2.24, 2.45) is 11.8 Å². The fraction of sp³-hybridized carbons (Fsp3) is 0.929. The van der Waals surface area contributed by atoms with Crippen LogP contribution in [0.3, 0.4) is 0 Å². The maximum atomic E-state index is 12.5. The second-order valence-electron chi connectivity index (χ2n) is 10.7. The van der Waals surface area contributed by atoms with E-state index in [9.17, 15) is 9.59 Å². The van der Waals surface area contributed by atoms with Crippen LogP contribution in [-0.4, -0.2) is 30.9 Å². The molecule has 0 aromatic carbocycles. The van der Waals surface area contributed by atoms with Gasteiger partial charge in [0, 0.05) is 17.9 Å². The van der Waals surface area contributed by atoms with E-state index in [1.165, 1.54) is 110 Å². The van der Waals surface area contributed by atoms with Crippen LogP contribution in [0, 0.1) is 11.8 Å². The zero-order valence-corrected chi connectivity index (χ0v) is 21.2. The van der Waals surface area contributed by atoms with Crippen LogP contribution in [0.25, 0.3) is 0 Å². The topological polar surface area (TPSA) is 55.4 Å². The van der Waals surface area contributed by atoms with Crippen LogP contribution >= 0.6 is 0 Å². The summed E-state index contributed by atoms with van der Waals surface area (Å²) < 4.78 is 4.83. The number of nitrogens with one attached hydrogen (secondary N) is 1. The van der Waals surface area contributed by atoms with Gasteiger partial charge in [-0.05, 0) is 31.7 Å². The Morgan fingerprint density at radius 1 is 0.906 bits per heavy atom. The number of Topliss-reactive ketones (excluding diaryl/α,β-unsaturated/α-hetero) is 1. The highest BCUT2D eigenvalue weighted by molar-refractivity contribution is 5.83. The predicted octanol–water partition coefficient (Wildman–Crippen LogP) is 7.14. The predicted molar refractivity (Wildman–Crippen MR) is 133 cm³/mol. The Labute approximate surface area is 198 Å². The molecule has 1 heterocycles. The fourth-order valence-corrected chi connectivity index (χ4v) is 5.93. The lowest BCUT2D eigenvalue weighted by Crippen LogP contribution is -2.59. The number of esters is 1. The second-order valence-corrected chi connectivity index (χ2v) is 10.7. The van der Waals surface area contributed by atoms with E-state index in [1.807, 2.05) is 0 Å². The Balaban J connectivity index is 1.47. The van der Waals surface area contributed by atoms with Crippen LogP contribution in [0.4, 0.5) is 0 Å². The van der Waals surface area contributed by atoms with Crippen molar-refractivity contribution in [1.29, 1.82) is 0 Å². The number of hydrogen-bond donors (Lipinski definition) is 1. The molecule has 1 saturated carbocycles. The second kappa shape index (κ2) is 15.9. The van der Waals surface area contributed by atoms with E-state index in [0.29, 0.717) is 18.6 Å². The number of carbonyl (C=O) groups excluding carboxylic acids is 2. The summed E-state index contributed by atoms with van der Waals surface area (Å²) in [5.74, 6) is 0.350. The summed E-state index contributed by atoms with van der Waals surface area (Å²) in [6.07, 6.45) is 25.0. The molecule has 0 radical (unpaired) electrons. The molecule has 0 aromatic rings. The van der Waals surface area contributed by atoms with Gasteiger partial charge in [-0.3, -0.25) is 9.59 Å². The Morgan fingerprint density at radius 2 is 1.44 bits per heavy atom. The molecule has 1 aliphatic carbocycles. The first-order chi connectivity index (χ1) is 15.6. The average Bonchev–Trinajstić information content (AvgIpc) is 2.80. The van der Waals surface area contributed by atoms with Crippen LogP contribution in [0.2, 0.25) is 0 Å². The van der Waals surface area contributed by atoms with Crippen LogP contribution in [-0.2, 0) is 14.3 Å². The third-order valence-electron chi connectivity index (χ3n) is 8.10. The SMILES string of the molecule is CCCCCCCCCCCCCCCCCC12CCC(=O)C(C1)[C@H](CC(=O)OC)CN2. The van der Waals surface area contributed by atoms with Crippen molar-refractivity contribution in [3.63, 3.8) is 0 Å². The molecule has 186 valence electrons. The maximum Gasteiger partial charge on any atom is 0.305 e. The molecule has 1 N–H and O–H groups in total. The van der Waals surface area contributed by atoms with Crippen LogP contribution < -0.4 is 5.32 Å². The number of methoxy groups -OCH3 is 1. The van der Waals surface area contributed by atoms with Gasteiger partial charge >= 0.3 is 5.97 Å². The van der Waals surface area contributed by atoms with E-state index >= 15 is 0 Å². The quantitative estimate of drug-likeness (QED) is 0.178. The van der Waals surface area contributed by atoms with Gasteiger partial charge in [-0.15, -0.1) is 0 Å². The molecule has 1 saturated heterocycles. The molecule has 2 unspecified atom stereocenters. The van der Waals surface area contributed by atoms with E-state index in [2.05, 4.69) is 12.2 Å². The van der Waals surface area contributed by atoms with Crippen molar-refractivity contribution in [3.05, 3.63) is 0 Å². The molecule has 0 aromatic heterocycles. The normalized spacial score (nSPS) is 25.1. The Bertz CT molecular complexity index is 535. The zero-order valence-electron chi connectivity index (χ0n) is 21.2. The van der Waals surface area contributed by atoms with E-state index in [-0.39, 0.29) is 23.3 Å². The van der Waals surface area contributed by atoms with Gasteiger partial charge in [-0.2, -0.15) is 0 Å². The molecule has 0 amide bonds. The third kappa shape index (κ3) is 9.93. The first-order valence-corrected chi connectivity index (χ1v) is 13.9. The van der Waals surface area contributed by atoms with Crippen LogP contribution in [0.1, 0.15) is 135 Å². The Kier molecular flexibility index (Phi) is 13.5. The molecule has 4 heteroatoms. The van der Waals surface area contributed by atoms with E-state index in [1.54, 1.807) is 0 Å². The standard InChI is InChI=1S/C28H51NO3/c1-3-4-5-6-7-8-9-10-11-12-13-14-15-16-17-19-28-20-18-26(30)25(22-28)24(23-29-28)21-27(31)32-2/h24-25,29H,3-23H2,1-2H3/t24-,25?,28?/m1/s1. The fourth-order valence-electron chi connectivity index (χ4n) is 5.93. The van der Waals surface area contributed by atoms with Gasteiger partial charge in [0.05, 0.1) is 13.5 Å². The highest BCUT2D eigenvalue weighted by Gasteiger charge is 2.47. The lowest BCUT2D eigenvalue weighted by atomic mass is 9.64. The first-order valence-electron chi connectivity index (χ1n) is 13.9. The number of carbonyl (C=O) groups is 2. The zero-order chi connectivity index (χ0) is 23.1. The minimum atomic E-state index is -0.190. The number of piperidine rings is 1. The summed E-state index contributed by atoms with van der Waals surface area (Å²) in [4.78, 5) is 24.2. The Hall–Kier alpha value is -0.900. The van der Waals surface area contributed by atoms with Crippen molar-refractivity contribution in [2.75, 3.05) is 13.7 Å². The van der Waals surface area contributed by atoms with E-state index in [0.717, 1.165) is 19.4 Å². The molecule has 0 spiro atoms. The number of fused-ring (bicyclic) bond motifs is 2. The van der Waals surface area contributed by atoms with Crippen molar-refractivity contribution < 1.29 is 14.3 Å². The molecule has 2 fully saturated rings. The Morgan fingerprint density at radius 3 is 1.97 bits per heavy atom. The lowest BCUT2D eigenvalue weighted by Gasteiger charge is -2.49. The van der Waals surface area contributed by atoms with Crippen molar-refractivity contribution in [2.45, 2.75) is 141 Å². The van der Waals surface area contributed by atoms with Gasteiger partial charge in [0.25, 0.3) is 0 Å². The first kappa shape index (κ1) is 27.3. The summed E-state index contributed by atoms with van der Waals surface area (Å²) in [5, 5.41) is 3.75. The highest BCUT2D eigenvalue weighted by Crippen LogP contribution is 2.42. The van der Waals surface area contributed by atoms with Gasteiger partial charge in [0.1, 0.15) is 5.78 Å². The molecular weight excluding hydrogens is 398 g/mol. The molecule has 4 nitrogen and oxygen atoms in total. The molecule has 2 bridgehead atoms. The van der Waals surface area contributed by atoms with Crippen molar-refractivity contribution in [3.8, 4) is 0 Å². The minimum Gasteiger partial charge on any atom is -0.469 e. The van der Waals surface area contributed by atoms with Crippen molar-refractivity contribution >= 4 is 11.8 Å². The van der Waals surface area contributed by atoms with Crippen LogP contribution in [0.5, 0.6) is 0 Å². The summed E-state index contributed by atoms with van der Waals surface area (Å²) in [6, 6.07) is 0. The molecule has 32 heavy (non-hydrogen) atoms. The summed E-state index contributed by atoms with van der Waals surface area (Å²) in [6.45, 7) is 3.07. The smallest absolute Gasteiger partial charge is 0.305 e. The molecule has 1 aliphatic heterocycles. The monoisotopic (exact) mass is 449 g/mol. The molecule has 2 aliphatic rings. The molecule has 3 atom stereocenters. The van der Waals surface area contributed by atoms with Crippen molar-refractivity contribution in [1.82, 2.24) is 5.32 Å². The van der Waals surface area contributed by atoms with Gasteiger partial charge in [0.15, 0.2) is 0 Å². The number of ketones is 1. The number of hydrogen-bond acceptors (Lipinski definition) is 4. The summed E-state index contributed by atoms with van der Waals surface area (Å²) >= 11 is 0.